The number of rotatable bonds is 4. The number of carbonyl (C=O) groups is 1. The average molecular weight is 304 g/mol. The number of anilines is 1. The Kier molecular flexibility index (Phi) is 4.71. The Bertz CT molecular complexity index is 662. The summed E-state index contributed by atoms with van der Waals surface area (Å²) in [6.45, 7) is 3.67. The van der Waals surface area contributed by atoms with Crippen LogP contribution in [-0.2, 0) is 4.79 Å². The monoisotopic (exact) mass is 304 g/mol. The molecule has 1 aromatic carbocycles. The largest absolute Gasteiger partial charge is 0.324 e. The van der Waals surface area contributed by atoms with Crippen molar-refractivity contribution in [1.82, 2.24) is 10.2 Å². The standard InChI is InChI=1S/C13H12N4OS2/c1-8(19-13-17-16-9(2)20-13)12(18)15-11-6-4-3-5-10(11)7-14/h3-6,8H,1-2H3,(H,15,18)/t8-/m1/s1. The van der Waals surface area contributed by atoms with Gasteiger partial charge < -0.3 is 5.32 Å². The fourth-order valence-corrected chi connectivity index (χ4v) is 3.41. The topological polar surface area (TPSA) is 78.7 Å². The maximum Gasteiger partial charge on any atom is 0.237 e. The Hall–Kier alpha value is -1.91. The molecule has 5 nitrogen and oxygen atoms in total. The molecule has 1 atom stereocenters. The predicted octanol–water partition coefficient (Wildman–Crippen LogP) is 2.84. The highest BCUT2D eigenvalue weighted by atomic mass is 32.2. The Morgan fingerprint density at radius 3 is 2.85 bits per heavy atom. The molecule has 20 heavy (non-hydrogen) atoms. The first-order valence-electron chi connectivity index (χ1n) is 5.87. The summed E-state index contributed by atoms with van der Waals surface area (Å²) in [6.07, 6.45) is 0. The van der Waals surface area contributed by atoms with E-state index in [-0.39, 0.29) is 11.2 Å². The van der Waals surface area contributed by atoms with Gasteiger partial charge in [0, 0.05) is 0 Å². The van der Waals surface area contributed by atoms with Crippen molar-refractivity contribution in [3.63, 3.8) is 0 Å². The molecule has 0 unspecified atom stereocenters. The zero-order chi connectivity index (χ0) is 14.5. The number of carbonyl (C=O) groups excluding carboxylic acids is 1. The molecule has 0 aliphatic rings. The van der Waals surface area contributed by atoms with Gasteiger partial charge in [-0.25, -0.2) is 0 Å². The number of aromatic nitrogens is 2. The number of hydrogen-bond acceptors (Lipinski definition) is 6. The predicted molar refractivity (Wildman–Crippen MR) is 79.8 cm³/mol. The molecule has 7 heteroatoms. The molecule has 0 aliphatic heterocycles. The van der Waals surface area contributed by atoms with Gasteiger partial charge in [0.15, 0.2) is 4.34 Å². The molecular weight excluding hydrogens is 292 g/mol. The number of nitrogens with one attached hydrogen (secondary N) is 1. The number of amides is 1. The second-order valence-corrected chi connectivity index (χ2v) is 6.76. The summed E-state index contributed by atoms with van der Waals surface area (Å²) in [5.74, 6) is -0.162. The number of nitrogens with zero attached hydrogens (tertiary/aromatic N) is 3. The van der Waals surface area contributed by atoms with Crippen LogP contribution in [0.5, 0.6) is 0 Å². The lowest BCUT2D eigenvalue weighted by molar-refractivity contribution is -0.115. The van der Waals surface area contributed by atoms with E-state index >= 15 is 0 Å². The zero-order valence-corrected chi connectivity index (χ0v) is 12.6. The number of aryl methyl sites for hydroxylation is 1. The molecule has 0 saturated heterocycles. The van der Waals surface area contributed by atoms with Crippen LogP contribution < -0.4 is 5.32 Å². The van der Waals surface area contributed by atoms with Gasteiger partial charge >= 0.3 is 0 Å². The maximum atomic E-state index is 12.1. The highest BCUT2D eigenvalue weighted by Crippen LogP contribution is 2.27. The molecule has 0 bridgehead atoms. The van der Waals surface area contributed by atoms with Crippen molar-refractivity contribution in [2.45, 2.75) is 23.4 Å². The van der Waals surface area contributed by atoms with E-state index in [1.165, 1.54) is 23.1 Å². The molecule has 0 fully saturated rings. The van der Waals surface area contributed by atoms with Crippen molar-refractivity contribution in [2.24, 2.45) is 0 Å². The second-order valence-electron chi connectivity index (χ2n) is 3.99. The van der Waals surface area contributed by atoms with E-state index in [4.69, 9.17) is 5.26 Å². The summed E-state index contributed by atoms with van der Waals surface area (Å²) >= 11 is 2.81. The number of benzene rings is 1. The Labute approximate surface area is 125 Å². The van der Waals surface area contributed by atoms with Crippen LogP contribution in [0.1, 0.15) is 17.5 Å². The summed E-state index contributed by atoms with van der Waals surface area (Å²) in [4.78, 5) is 12.1. The van der Waals surface area contributed by atoms with Crippen molar-refractivity contribution in [3.05, 3.63) is 34.8 Å². The minimum atomic E-state index is -0.311. The Balaban J connectivity index is 2.02. The Morgan fingerprint density at radius 2 is 2.20 bits per heavy atom. The van der Waals surface area contributed by atoms with Crippen molar-refractivity contribution in [1.29, 1.82) is 5.26 Å². The van der Waals surface area contributed by atoms with Gasteiger partial charge in [0.1, 0.15) is 11.1 Å². The fraction of sp³-hybridized carbons (Fsp3) is 0.231. The first-order valence-corrected chi connectivity index (χ1v) is 7.56. The van der Waals surface area contributed by atoms with Gasteiger partial charge in [0.05, 0.1) is 16.5 Å². The third-order valence-corrected chi connectivity index (χ3v) is 4.48. The molecule has 1 amide bonds. The van der Waals surface area contributed by atoms with E-state index in [2.05, 4.69) is 21.6 Å². The molecule has 2 rings (SSSR count). The molecule has 1 heterocycles. The van der Waals surface area contributed by atoms with Crippen LogP contribution in [0.15, 0.2) is 28.6 Å². The summed E-state index contributed by atoms with van der Waals surface area (Å²) in [7, 11) is 0. The quantitative estimate of drug-likeness (QED) is 0.879. The highest BCUT2D eigenvalue weighted by Gasteiger charge is 2.17. The molecule has 1 aromatic heterocycles. The molecule has 102 valence electrons. The summed E-state index contributed by atoms with van der Waals surface area (Å²) in [5, 5.41) is 20.2. The first-order chi connectivity index (χ1) is 9.60. The normalized spacial score (nSPS) is 11.7. The van der Waals surface area contributed by atoms with Crippen LogP contribution in [0.3, 0.4) is 0 Å². The van der Waals surface area contributed by atoms with Crippen LogP contribution in [-0.4, -0.2) is 21.4 Å². The number of para-hydroxylation sites is 1. The van der Waals surface area contributed by atoms with Gasteiger partial charge in [-0.1, -0.05) is 35.2 Å². The average Bonchev–Trinajstić information content (AvgIpc) is 2.84. The highest BCUT2D eigenvalue weighted by molar-refractivity contribution is 8.02. The van der Waals surface area contributed by atoms with Crippen LogP contribution in [0, 0.1) is 18.3 Å². The lowest BCUT2D eigenvalue weighted by atomic mass is 10.2. The van der Waals surface area contributed by atoms with E-state index in [0.717, 1.165) is 9.35 Å². The third-order valence-electron chi connectivity index (χ3n) is 2.46. The molecule has 0 radical (unpaired) electrons. The molecule has 0 saturated carbocycles. The van der Waals surface area contributed by atoms with E-state index < -0.39 is 0 Å². The van der Waals surface area contributed by atoms with Gasteiger partial charge in [-0.05, 0) is 26.0 Å². The molecular formula is C13H12N4OS2. The van der Waals surface area contributed by atoms with Gasteiger partial charge in [-0.2, -0.15) is 5.26 Å². The lowest BCUT2D eigenvalue weighted by Crippen LogP contribution is -2.22. The first kappa shape index (κ1) is 14.5. The van der Waals surface area contributed by atoms with Crippen LogP contribution in [0.25, 0.3) is 0 Å². The lowest BCUT2D eigenvalue weighted by Gasteiger charge is -2.11. The summed E-state index contributed by atoms with van der Waals surface area (Å²) in [6, 6.07) is 8.97. The van der Waals surface area contributed by atoms with E-state index in [1.807, 2.05) is 6.92 Å². The number of nitriles is 1. The van der Waals surface area contributed by atoms with E-state index in [1.54, 1.807) is 31.2 Å². The van der Waals surface area contributed by atoms with Crippen molar-refractivity contribution < 1.29 is 4.79 Å². The molecule has 2 aromatic rings. The molecule has 0 spiro atoms. The van der Waals surface area contributed by atoms with Gasteiger partial charge in [-0.15, -0.1) is 10.2 Å². The minimum Gasteiger partial charge on any atom is -0.324 e. The minimum absolute atomic E-state index is 0.162. The maximum absolute atomic E-state index is 12.1. The van der Waals surface area contributed by atoms with E-state index in [0.29, 0.717) is 11.3 Å². The third kappa shape index (κ3) is 3.56. The Morgan fingerprint density at radius 1 is 1.45 bits per heavy atom. The molecule has 0 aliphatic carbocycles. The summed E-state index contributed by atoms with van der Waals surface area (Å²) in [5.41, 5.74) is 0.978. The number of hydrogen-bond donors (Lipinski definition) is 1. The van der Waals surface area contributed by atoms with Gasteiger partial charge in [-0.3, -0.25) is 4.79 Å². The second kappa shape index (κ2) is 6.50. The smallest absolute Gasteiger partial charge is 0.237 e. The van der Waals surface area contributed by atoms with Crippen LogP contribution >= 0.6 is 23.1 Å². The van der Waals surface area contributed by atoms with Crippen LogP contribution in [0.4, 0.5) is 5.69 Å². The van der Waals surface area contributed by atoms with Crippen LogP contribution in [0.2, 0.25) is 0 Å². The van der Waals surface area contributed by atoms with Crippen molar-refractivity contribution in [2.75, 3.05) is 5.32 Å². The van der Waals surface area contributed by atoms with Gasteiger partial charge in [0.2, 0.25) is 5.91 Å². The number of thioether (sulfide) groups is 1. The SMILES string of the molecule is Cc1nnc(S[C@H](C)C(=O)Nc2ccccc2C#N)s1. The van der Waals surface area contributed by atoms with Crippen molar-refractivity contribution in [3.8, 4) is 6.07 Å². The zero-order valence-electron chi connectivity index (χ0n) is 11.0. The van der Waals surface area contributed by atoms with E-state index in [9.17, 15) is 4.79 Å². The van der Waals surface area contributed by atoms with Crippen molar-refractivity contribution >= 4 is 34.7 Å². The molecule has 1 N–H and O–H groups in total. The van der Waals surface area contributed by atoms with Gasteiger partial charge in [0.25, 0.3) is 0 Å². The summed E-state index contributed by atoms with van der Waals surface area (Å²) < 4.78 is 0.763. The fourth-order valence-electron chi connectivity index (χ4n) is 1.45.